The zero-order valence-corrected chi connectivity index (χ0v) is 13.6. The summed E-state index contributed by atoms with van der Waals surface area (Å²) in [6, 6.07) is 7.32. The number of hydrogen-bond donors (Lipinski definition) is 2. The van der Waals surface area contributed by atoms with Crippen LogP contribution in [0.25, 0.3) is 0 Å². The van der Waals surface area contributed by atoms with Gasteiger partial charge in [0.15, 0.2) is 0 Å². The van der Waals surface area contributed by atoms with Crippen LogP contribution < -0.4 is 5.73 Å². The zero-order valence-electron chi connectivity index (χ0n) is 13.6. The standard InChI is InChI=1S/C17H26N2O3/c1-17(2,3)22-16(21)19-10-8-13(9-11-19)15(20)12-4-6-14(18)7-5-12/h4-7,13,15,20H,8-11,18H2,1-3H3. The van der Waals surface area contributed by atoms with Gasteiger partial charge in [0.25, 0.3) is 0 Å². The molecule has 1 aliphatic heterocycles. The normalized spacial score (nSPS) is 18.1. The van der Waals surface area contributed by atoms with Gasteiger partial charge in [-0.3, -0.25) is 0 Å². The number of anilines is 1. The van der Waals surface area contributed by atoms with Gasteiger partial charge in [-0.15, -0.1) is 0 Å². The molecular weight excluding hydrogens is 280 g/mol. The van der Waals surface area contributed by atoms with E-state index in [9.17, 15) is 9.90 Å². The molecule has 1 unspecified atom stereocenters. The fourth-order valence-electron chi connectivity index (χ4n) is 2.69. The van der Waals surface area contributed by atoms with E-state index in [-0.39, 0.29) is 12.0 Å². The van der Waals surface area contributed by atoms with E-state index in [1.165, 1.54) is 0 Å². The molecule has 1 heterocycles. The number of aliphatic hydroxyl groups is 1. The molecule has 1 aliphatic rings. The maximum Gasteiger partial charge on any atom is 0.410 e. The van der Waals surface area contributed by atoms with E-state index in [0.717, 1.165) is 18.4 Å². The molecule has 1 fully saturated rings. The Hall–Kier alpha value is -1.75. The summed E-state index contributed by atoms with van der Waals surface area (Å²) in [4.78, 5) is 13.7. The van der Waals surface area contributed by atoms with Crippen LogP contribution in [0.1, 0.15) is 45.3 Å². The predicted molar refractivity (Wildman–Crippen MR) is 86.3 cm³/mol. The minimum Gasteiger partial charge on any atom is -0.444 e. The number of rotatable bonds is 2. The Bertz CT molecular complexity index is 500. The lowest BCUT2D eigenvalue weighted by Gasteiger charge is -2.35. The number of carbonyl (C=O) groups excluding carboxylic acids is 1. The molecule has 0 saturated carbocycles. The second-order valence-corrected chi connectivity index (χ2v) is 6.92. The smallest absolute Gasteiger partial charge is 0.410 e. The summed E-state index contributed by atoms with van der Waals surface area (Å²) in [5.41, 5.74) is 6.76. The second-order valence-electron chi connectivity index (χ2n) is 6.92. The first kappa shape index (κ1) is 16.6. The Balaban J connectivity index is 1.89. The molecule has 5 nitrogen and oxygen atoms in total. The van der Waals surface area contributed by atoms with E-state index in [0.29, 0.717) is 18.8 Å². The van der Waals surface area contributed by atoms with E-state index >= 15 is 0 Å². The number of amides is 1. The van der Waals surface area contributed by atoms with Gasteiger partial charge in [0.05, 0.1) is 6.10 Å². The highest BCUT2D eigenvalue weighted by molar-refractivity contribution is 5.68. The van der Waals surface area contributed by atoms with Crippen molar-refractivity contribution < 1.29 is 14.6 Å². The van der Waals surface area contributed by atoms with Gasteiger partial charge >= 0.3 is 6.09 Å². The number of nitrogens with two attached hydrogens (primary N) is 1. The zero-order chi connectivity index (χ0) is 16.3. The van der Waals surface area contributed by atoms with Crippen molar-refractivity contribution in [2.24, 2.45) is 5.92 Å². The van der Waals surface area contributed by atoms with E-state index in [2.05, 4.69) is 0 Å². The SMILES string of the molecule is CC(C)(C)OC(=O)N1CCC(C(O)c2ccc(N)cc2)CC1. The molecule has 0 bridgehead atoms. The maximum atomic E-state index is 12.0. The van der Waals surface area contributed by atoms with Crippen LogP contribution >= 0.6 is 0 Å². The van der Waals surface area contributed by atoms with Crippen LogP contribution in [-0.4, -0.2) is 34.8 Å². The summed E-state index contributed by atoms with van der Waals surface area (Å²) in [7, 11) is 0. The van der Waals surface area contributed by atoms with Crippen molar-refractivity contribution >= 4 is 11.8 Å². The fourth-order valence-corrected chi connectivity index (χ4v) is 2.69. The summed E-state index contributed by atoms with van der Waals surface area (Å²) >= 11 is 0. The third kappa shape index (κ3) is 4.37. The van der Waals surface area contributed by atoms with Gasteiger partial charge in [0.2, 0.25) is 0 Å². The van der Waals surface area contributed by atoms with Crippen molar-refractivity contribution in [3.05, 3.63) is 29.8 Å². The van der Waals surface area contributed by atoms with E-state index in [1.807, 2.05) is 32.9 Å². The average Bonchev–Trinajstić information content (AvgIpc) is 2.46. The number of ether oxygens (including phenoxy) is 1. The number of likely N-dealkylation sites (tertiary alicyclic amines) is 1. The van der Waals surface area contributed by atoms with Gasteiger partial charge < -0.3 is 20.5 Å². The van der Waals surface area contributed by atoms with Crippen molar-refractivity contribution in [2.75, 3.05) is 18.8 Å². The summed E-state index contributed by atoms with van der Waals surface area (Å²) < 4.78 is 5.38. The third-order valence-corrected chi connectivity index (χ3v) is 3.92. The number of carbonyl (C=O) groups is 1. The first-order valence-corrected chi connectivity index (χ1v) is 7.78. The Morgan fingerprint density at radius 2 is 1.82 bits per heavy atom. The summed E-state index contributed by atoms with van der Waals surface area (Å²) in [6.07, 6.45) is 0.754. The van der Waals surface area contributed by atoms with Gasteiger partial charge in [0, 0.05) is 18.8 Å². The molecule has 1 saturated heterocycles. The van der Waals surface area contributed by atoms with Crippen LogP contribution in [-0.2, 0) is 4.74 Å². The van der Waals surface area contributed by atoms with Crippen LogP contribution in [0.2, 0.25) is 0 Å². The molecule has 122 valence electrons. The van der Waals surface area contributed by atoms with Gasteiger partial charge in [-0.2, -0.15) is 0 Å². The number of nitrogens with zero attached hydrogens (tertiary/aromatic N) is 1. The molecule has 5 heteroatoms. The first-order valence-electron chi connectivity index (χ1n) is 7.78. The van der Waals surface area contributed by atoms with Crippen molar-refractivity contribution in [3.63, 3.8) is 0 Å². The molecule has 0 aromatic heterocycles. The van der Waals surface area contributed by atoms with E-state index < -0.39 is 11.7 Å². The summed E-state index contributed by atoms with van der Waals surface area (Å²) in [5.74, 6) is 0.155. The average molecular weight is 306 g/mol. The minimum atomic E-state index is -0.513. The molecule has 1 aromatic carbocycles. The maximum absolute atomic E-state index is 12.0. The molecule has 0 aliphatic carbocycles. The van der Waals surface area contributed by atoms with Crippen molar-refractivity contribution in [1.82, 2.24) is 4.90 Å². The molecule has 1 atom stereocenters. The van der Waals surface area contributed by atoms with Gasteiger partial charge in [-0.25, -0.2) is 4.79 Å². The first-order chi connectivity index (χ1) is 10.3. The Morgan fingerprint density at radius 3 is 2.32 bits per heavy atom. The Kier molecular flexibility index (Phi) is 4.96. The lowest BCUT2D eigenvalue weighted by Crippen LogP contribution is -2.42. The molecular formula is C17H26N2O3. The van der Waals surface area contributed by atoms with Crippen molar-refractivity contribution in [1.29, 1.82) is 0 Å². The highest BCUT2D eigenvalue weighted by Crippen LogP contribution is 2.31. The number of hydrogen-bond acceptors (Lipinski definition) is 4. The van der Waals surface area contributed by atoms with Gasteiger partial charge in [-0.05, 0) is 57.2 Å². The van der Waals surface area contributed by atoms with Crippen LogP contribution in [0.15, 0.2) is 24.3 Å². The van der Waals surface area contributed by atoms with E-state index in [4.69, 9.17) is 10.5 Å². The third-order valence-electron chi connectivity index (χ3n) is 3.92. The largest absolute Gasteiger partial charge is 0.444 e. The molecule has 0 spiro atoms. The number of piperidine rings is 1. The minimum absolute atomic E-state index is 0.155. The van der Waals surface area contributed by atoms with Crippen molar-refractivity contribution in [3.8, 4) is 0 Å². The second kappa shape index (κ2) is 6.57. The molecule has 0 radical (unpaired) electrons. The van der Waals surface area contributed by atoms with Gasteiger partial charge in [0.1, 0.15) is 5.60 Å². The number of nitrogen functional groups attached to an aromatic ring is 1. The Labute approximate surface area is 132 Å². The number of aliphatic hydroxyl groups excluding tert-OH is 1. The van der Waals surface area contributed by atoms with Crippen LogP contribution in [0.5, 0.6) is 0 Å². The molecule has 1 aromatic rings. The monoisotopic (exact) mass is 306 g/mol. The molecule has 22 heavy (non-hydrogen) atoms. The fraction of sp³-hybridized carbons (Fsp3) is 0.588. The number of benzene rings is 1. The predicted octanol–water partition coefficient (Wildman–Crippen LogP) is 2.95. The summed E-state index contributed by atoms with van der Waals surface area (Å²) in [6.45, 7) is 6.82. The van der Waals surface area contributed by atoms with Gasteiger partial charge in [-0.1, -0.05) is 12.1 Å². The molecule has 3 N–H and O–H groups in total. The summed E-state index contributed by atoms with van der Waals surface area (Å²) in [5, 5.41) is 10.5. The Morgan fingerprint density at radius 1 is 1.27 bits per heavy atom. The van der Waals surface area contributed by atoms with Crippen LogP contribution in [0, 0.1) is 5.92 Å². The highest BCUT2D eigenvalue weighted by atomic mass is 16.6. The quantitative estimate of drug-likeness (QED) is 0.824. The highest BCUT2D eigenvalue weighted by Gasteiger charge is 2.30. The van der Waals surface area contributed by atoms with E-state index in [1.54, 1.807) is 17.0 Å². The lowest BCUT2D eigenvalue weighted by atomic mass is 9.87. The van der Waals surface area contributed by atoms with Crippen LogP contribution in [0.3, 0.4) is 0 Å². The molecule has 1 amide bonds. The van der Waals surface area contributed by atoms with Crippen LogP contribution in [0.4, 0.5) is 10.5 Å². The van der Waals surface area contributed by atoms with Crippen molar-refractivity contribution in [2.45, 2.75) is 45.3 Å². The lowest BCUT2D eigenvalue weighted by molar-refractivity contribution is 0.00767. The topological polar surface area (TPSA) is 75.8 Å². The molecule has 2 rings (SSSR count).